The Morgan fingerprint density at radius 3 is 2.56 bits per heavy atom. The zero-order valence-electron chi connectivity index (χ0n) is 15.9. The topological polar surface area (TPSA) is 113 Å². The Morgan fingerprint density at radius 2 is 1.92 bits per heavy atom. The number of ether oxygens (including phenoxy) is 2. The van der Waals surface area contributed by atoms with Crippen LogP contribution < -0.4 is 5.32 Å². The molecule has 25 heavy (non-hydrogen) atoms. The van der Waals surface area contributed by atoms with Crippen LogP contribution >= 0.6 is 0 Å². The van der Waals surface area contributed by atoms with E-state index in [4.69, 9.17) is 15.0 Å². The lowest BCUT2D eigenvalue weighted by molar-refractivity contribution is -0.122. The second-order valence-electron chi connectivity index (χ2n) is 6.96. The van der Waals surface area contributed by atoms with E-state index in [0.29, 0.717) is 39.1 Å². The van der Waals surface area contributed by atoms with Crippen molar-refractivity contribution in [1.29, 1.82) is 0 Å². The lowest BCUT2D eigenvalue weighted by atomic mass is 9.96. The van der Waals surface area contributed by atoms with Crippen LogP contribution in [0.1, 0.15) is 59.8 Å². The number of carbonyl (C=O) groups is 2. The monoisotopic (exact) mass is 356 g/mol. The number of carbonyl (C=O) groups excluding carboxylic acids is 2. The maximum Gasteiger partial charge on any atom is 0.407 e. The molecule has 144 valence electrons. The number of Topliss-reactive ketones (excluding diaryl/α,β-unsaturated/α-hetero) is 1. The van der Waals surface area contributed by atoms with Crippen LogP contribution in [0.3, 0.4) is 0 Å². The Balaban J connectivity index is 3.61. The van der Waals surface area contributed by atoms with Crippen molar-refractivity contribution in [2.24, 2.45) is 11.0 Å². The number of amides is 1. The first-order valence-corrected chi connectivity index (χ1v) is 8.84. The molecule has 0 aromatic rings. The van der Waals surface area contributed by atoms with E-state index in [1.807, 2.05) is 27.7 Å². The molecule has 0 radical (unpaired) electrons. The van der Waals surface area contributed by atoms with Gasteiger partial charge in [-0.25, -0.2) is 4.79 Å². The molecule has 0 saturated carbocycles. The summed E-state index contributed by atoms with van der Waals surface area (Å²) in [5.41, 5.74) is 7.62. The van der Waals surface area contributed by atoms with Crippen molar-refractivity contribution in [3.8, 4) is 0 Å². The summed E-state index contributed by atoms with van der Waals surface area (Å²) in [7, 11) is 0. The fourth-order valence-corrected chi connectivity index (χ4v) is 2.09. The molecular weight excluding hydrogens is 324 g/mol. The van der Waals surface area contributed by atoms with Crippen molar-refractivity contribution in [3.05, 3.63) is 10.4 Å². The number of hydrogen-bond donors (Lipinski definition) is 1. The molecule has 0 aliphatic heterocycles. The maximum absolute atomic E-state index is 12.0. The van der Waals surface area contributed by atoms with Gasteiger partial charge in [-0.15, -0.1) is 0 Å². The lowest BCUT2D eigenvalue weighted by Gasteiger charge is -2.19. The van der Waals surface area contributed by atoms with Gasteiger partial charge in [0.2, 0.25) is 0 Å². The van der Waals surface area contributed by atoms with Crippen LogP contribution in [0, 0.1) is 5.92 Å². The Hall–Kier alpha value is -1.79. The molecule has 8 heteroatoms. The second kappa shape index (κ2) is 13.5. The molecule has 0 heterocycles. The molecule has 0 fully saturated rings. The molecule has 0 rings (SSSR count). The summed E-state index contributed by atoms with van der Waals surface area (Å²) < 4.78 is 10.4. The first-order valence-electron chi connectivity index (χ1n) is 8.84. The molecule has 0 aromatic heterocycles. The quantitative estimate of drug-likeness (QED) is 0.232. The number of unbranched alkanes of at least 4 members (excludes halogenated alkanes) is 1. The molecule has 0 spiro atoms. The Bertz CT molecular complexity index is 442. The SMILES string of the molecule is C[C@@H](CCCCNC(=O)OC(C)(C)C)C(=O)CCCOCCN=[N+]=[N-]. The van der Waals surface area contributed by atoms with E-state index in [-0.39, 0.29) is 11.7 Å². The number of azide groups is 1. The Kier molecular flexibility index (Phi) is 12.5. The van der Waals surface area contributed by atoms with Gasteiger partial charge in [-0.2, -0.15) is 0 Å². The van der Waals surface area contributed by atoms with E-state index < -0.39 is 11.7 Å². The minimum atomic E-state index is -0.488. The molecular formula is C17H32N4O4. The molecule has 0 unspecified atom stereocenters. The number of hydrogen-bond acceptors (Lipinski definition) is 5. The second-order valence-corrected chi connectivity index (χ2v) is 6.96. The number of alkyl carbamates (subject to hydrolysis) is 1. The largest absolute Gasteiger partial charge is 0.444 e. The first kappa shape index (κ1) is 23.2. The summed E-state index contributed by atoms with van der Waals surface area (Å²) in [6, 6.07) is 0. The van der Waals surface area contributed by atoms with Gasteiger partial charge < -0.3 is 14.8 Å². The van der Waals surface area contributed by atoms with Crippen LogP contribution in [0.2, 0.25) is 0 Å². The molecule has 0 saturated heterocycles. The highest BCUT2D eigenvalue weighted by molar-refractivity contribution is 5.80. The van der Waals surface area contributed by atoms with Gasteiger partial charge in [0.05, 0.1) is 6.61 Å². The van der Waals surface area contributed by atoms with Crippen LogP contribution in [0.15, 0.2) is 5.11 Å². The van der Waals surface area contributed by atoms with Gasteiger partial charge in [-0.1, -0.05) is 18.5 Å². The van der Waals surface area contributed by atoms with E-state index in [9.17, 15) is 9.59 Å². The summed E-state index contributed by atoms with van der Waals surface area (Å²) in [4.78, 5) is 26.1. The highest BCUT2D eigenvalue weighted by Gasteiger charge is 2.16. The molecule has 1 atom stereocenters. The van der Waals surface area contributed by atoms with Crippen molar-refractivity contribution in [1.82, 2.24) is 5.32 Å². The lowest BCUT2D eigenvalue weighted by Crippen LogP contribution is -2.33. The summed E-state index contributed by atoms with van der Waals surface area (Å²) in [6.45, 7) is 9.17. The van der Waals surface area contributed by atoms with Gasteiger partial charge >= 0.3 is 6.09 Å². The van der Waals surface area contributed by atoms with Crippen LogP contribution in [0.25, 0.3) is 10.4 Å². The van der Waals surface area contributed by atoms with Gasteiger partial charge in [0.1, 0.15) is 11.4 Å². The molecule has 0 aliphatic rings. The van der Waals surface area contributed by atoms with Crippen LogP contribution in [-0.2, 0) is 14.3 Å². The number of nitrogens with one attached hydrogen (secondary N) is 1. The third kappa shape index (κ3) is 15.5. The van der Waals surface area contributed by atoms with E-state index in [0.717, 1.165) is 19.3 Å². The third-order valence-electron chi connectivity index (χ3n) is 3.39. The number of ketones is 1. The molecule has 8 nitrogen and oxygen atoms in total. The van der Waals surface area contributed by atoms with Gasteiger partial charge in [0.25, 0.3) is 0 Å². The number of nitrogens with zero attached hydrogens (tertiary/aromatic N) is 3. The average molecular weight is 356 g/mol. The fourth-order valence-electron chi connectivity index (χ4n) is 2.09. The van der Waals surface area contributed by atoms with E-state index in [1.54, 1.807) is 0 Å². The normalized spacial score (nSPS) is 12.2. The summed E-state index contributed by atoms with van der Waals surface area (Å²) in [6.07, 6.45) is 3.28. The molecule has 1 N–H and O–H groups in total. The summed E-state index contributed by atoms with van der Waals surface area (Å²) in [5, 5.41) is 6.08. The van der Waals surface area contributed by atoms with Crippen molar-refractivity contribution < 1.29 is 19.1 Å². The molecule has 0 aromatic carbocycles. The highest BCUT2D eigenvalue weighted by atomic mass is 16.6. The van der Waals surface area contributed by atoms with Gasteiger partial charge in [0, 0.05) is 36.9 Å². The number of rotatable bonds is 13. The Labute approximate surface area is 150 Å². The Morgan fingerprint density at radius 1 is 1.20 bits per heavy atom. The molecule has 0 bridgehead atoms. The standard InChI is InChI=1S/C17H32N4O4/c1-14(15(22)9-7-12-24-13-11-20-21-18)8-5-6-10-19-16(23)25-17(2,3)4/h14H,5-13H2,1-4H3,(H,19,23)/t14-/m0/s1. The highest BCUT2D eigenvalue weighted by Crippen LogP contribution is 2.12. The van der Waals surface area contributed by atoms with Gasteiger partial charge in [0.15, 0.2) is 0 Å². The van der Waals surface area contributed by atoms with Crippen molar-refractivity contribution in [2.75, 3.05) is 26.3 Å². The zero-order chi connectivity index (χ0) is 19.1. The van der Waals surface area contributed by atoms with Crippen molar-refractivity contribution >= 4 is 11.9 Å². The summed E-state index contributed by atoms with van der Waals surface area (Å²) in [5.74, 6) is 0.253. The summed E-state index contributed by atoms with van der Waals surface area (Å²) >= 11 is 0. The van der Waals surface area contributed by atoms with E-state index >= 15 is 0 Å². The smallest absolute Gasteiger partial charge is 0.407 e. The molecule has 1 amide bonds. The minimum Gasteiger partial charge on any atom is -0.444 e. The van der Waals surface area contributed by atoms with Crippen LogP contribution in [-0.4, -0.2) is 43.8 Å². The van der Waals surface area contributed by atoms with Crippen molar-refractivity contribution in [2.45, 2.75) is 65.4 Å². The van der Waals surface area contributed by atoms with Crippen molar-refractivity contribution in [3.63, 3.8) is 0 Å². The molecule has 0 aliphatic carbocycles. The third-order valence-corrected chi connectivity index (χ3v) is 3.39. The minimum absolute atomic E-state index is 0.0183. The fraction of sp³-hybridized carbons (Fsp3) is 0.882. The average Bonchev–Trinajstić information content (AvgIpc) is 2.51. The van der Waals surface area contributed by atoms with E-state index in [1.165, 1.54) is 0 Å². The van der Waals surface area contributed by atoms with E-state index in [2.05, 4.69) is 15.3 Å². The first-order chi connectivity index (χ1) is 11.8. The predicted octanol–water partition coefficient (Wildman–Crippen LogP) is 3.99. The van der Waals surface area contributed by atoms with Crippen LogP contribution in [0.5, 0.6) is 0 Å². The van der Waals surface area contributed by atoms with Crippen LogP contribution in [0.4, 0.5) is 4.79 Å². The zero-order valence-corrected chi connectivity index (χ0v) is 15.9. The van der Waals surface area contributed by atoms with Gasteiger partial charge in [-0.3, -0.25) is 4.79 Å². The maximum atomic E-state index is 12.0. The predicted molar refractivity (Wildman–Crippen MR) is 96.3 cm³/mol. The van der Waals surface area contributed by atoms with Gasteiger partial charge in [-0.05, 0) is 45.6 Å².